The third kappa shape index (κ3) is 10.7. The average molecular weight is 457 g/mol. The van der Waals surface area contributed by atoms with Crippen LogP contribution in [-0.4, -0.2) is 33.5 Å². The number of carboxylic acids is 1. The number of rotatable bonds is 17. The van der Waals surface area contributed by atoms with Crippen LogP contribution in [0.1, 0.15) is 96.0 Å². The van der Waals surface area contributed by atoms with Gasteiger partial charge in [-0.1, -0.05) is 92.7 Å². The molecule has 4 heteroatoms. The molecule has 3 atom stereocenters. The Morgan fingerprint density at radius 2 is 1.76 bits per heavy atom. The molecular weight excluding hydrogens is 412 g/mol. The summed E-state index contributed by atoms with van der Waals surface area (Å²) in [7, 11) is 0. The molecule has 0 heterocycles. The maximum Gasteiger partial charge on any atom is 0.303 e. The summed E-state index contributed by atoms with van der Waals surface area (Å²) in [5.74, 6) is -0.725. The number of carboxylic acid groups (broad SMARTS) is 1. The first-order valence-electron chi connectivity index (χ1n) is 13.0. The van der Waals surface area contributed by atoms with E-state index in [1.54, 1.807) is 0 Å². The van der Waals surface area contributed by atoms with Gasteiger partial charge in [0.2, 0.25) is 0 Å². The minimum Gasteiger partial charge on any atom is -0.481 e. The fraction of sp³-hybridized carbons (Fsp3) is 0.621. The van der Waals surface area contributed by atoms with Gasteiger partial charge in [0.25, 0.3) is 0 Å². The largest absolute Gasteiger partial charge is 0.481 e. The first-order valence-corrected chi connectivity index (χ1v) is 13.0. The summed E-state index contributed by atoms with van der Waals surface area (Å²) in [5.41, 5.74) is 4.09. The van der Waals surface area contributed by atoms with Crippen molar-refractivity contribution in [2.45, 2.75) is 109 Å². The summed E-state index contributed by atoms with van der Waals surface area (Å²) >= 11 is 0. The molecule has 0 aliphatic heterocycles. The van der Waals surface area contributed by atoms with Crippen molar-refractivity contribution in [1.82, 2.24) is 0 Å². The van der Waals surface area contributed by atoms with Crippen molar-refractivity contribution in [3.8, 4) is 0 Å². The Kier molecular flexibility index (Phi) is 13.1. The molecule has 0 fully saturated rings. The van der Waals surface area contributed by atoms with Gasteiger partial charge in [-0.25, -0.2) is 0 Å². The van der Waals surface area contributed by atoms with Crippen LogP contribution in [0, 0.1) is 5.92 Å². The van der Waals surface area contributed by atoms with E-state index in [1.165, 1.54) is 16.7 Å². The van der Waals surface area contributed by atoms with Crippen molar-refractivity contribution < 1.29 is 20.1 Å². The van der Waals surface area contributed by atoms with E-state index in [2.05, 4.69) is 31.2 Å². The van der Waals surface area contributed by atoms with Crippen molar-refractivity contribution in [2.24, 2.45) is 5.92 Å². The zero-order valence-corrected chi connectivity index (χ0v) is 20.4. The highest BCUT2D eigenvalue weighted by Gasteiger charge is 2.30. The SMILES string of the molecule is CCCCC[C@H](O)C=C[C@@H]1C(CCCCCCC(=O)O)=C(CCCc2ccccc2)C[C@H]1O. The second kappa shape index (κ2) is 15.8. The van der Waals surface area contributed by atoms with Gasteiger partial charge in [0.05, 0.1) is 12.2 Å². The molecule has 33 heavy (non-hydrogen) atoms. The Bertz CT molecular complexity index is 737. The maximum atomic E-state index is 10.8. The van der Waals surface area contributed by atoms with Crippen molar-refractivity contribution in [3.05, 3.63) is 59.2 Å². The first-order chi connectivity index (χ1) is 16.0. The average Bonchev–Trinajstić information content (AvgIpc) is 3.09. The monoisotopic (exact) mass is 456 g/mol. The first kappa shape index (κ1) is 27.3. The fourth-order valence-corrected chi connectivity index (χ4v) is 4.87. The molecule has 0 bridgehead atoms. The van der Waals surface area contributed by atoms with E-state index in [1.807, 2.05) is 18.2 Å². The summed E-state index contributed by atoms with van der Waals surface area (Å²) in [6.07, 6.45) is 15.9. The van der Waals surface area contributed by atoms with Gasteiger partial charge >= 0.3 is 5.97 Å². The van der Waals surface area contributed by atoms with Gasteiger partial charge in [-0.3, -0.25) is 4.79 Å². The van der Waals surface area contributed by atoms with Crippen LogP contribution < -0.4 is 0 Å². The van der Waals surface area contributed by atoms with Crippen LogP contribution >= 0.6 is 0 Å². The van der Waals surface area contributed by atoms with E-state index in [0.717, 1.165) is 83.5 Å². The van der Waals surface area contributed by atoms with E-state index < -0.39 is 18.2 Å². The lowest BCUT2D eigenvalue weighted by Gasteiger charge is -2.16. The summed E-state index contributed by atoms with van der Waals surface area (Å²) in [6.45, 7) is 2.16. The van der Waals surface area contributed by atoms with E-state index in [0.29, 0.717) is 0 Å². The molecule has 1 aromatic carbocycles. The van der Waals surface area contributed by atoms with Crippen molar-refractivity contribution in [3.63, 3.8) is 0 Å². The predicted octanol–water partition coefficient (Wildman–Crippen LogP) is 6.61. The number of aliphatic hydroxyl groups excluding tert-OH is 2. The second-order valence-electron chi connectivity index (χ2n) is 9.52. The van der Waals surface area contributed by atoms with Crippen molar-refractivity contribution in [1.29, 1.82) is 0 Å². The van der Waals surface area contributed by atoms with Gasteiger partial charge < -0.3 is 15.3 Å². The van der Waals surface area contributed by atoms with Crippen LogP contribution in [0.2, 0.25) is 0 Å². The Morgan fingerprint density at radius 1 is 1.00 bits per heavy atom. The van der Waals surface area contributed by atoms with Gasteiger partial charge in [0.15, 0.2) is 0 Å². The van der Waals surface area contributed by atoms with Crippen LogP contribution in [0.15, 0.2) is 53.6 Å². The molecule has 0 aromatic heterocycles. The lowest BCUT2D eigenvalue weighted by atomic mass is 9.91. The Hall–Kier alpha value is -1.91. The lowest BCUT2D eigenvalue weighted by molar-refractivity contribution is -0.137. The number of benzene rings is 1. The van der Waals surface area contributed by atoms with E-state index >= 15 is 0 Å². The third-order valence-corrected chi connectivity index (χ3v) is 6.74. The second-order valence-corrected chi connectivity index (χ2v) is 9.52. The fourth-order valence-electron chi connectivity index (χ4n) is 4.87. The molecule has 0 spiro atoms. The highest BCUT2D eigenvalue weighted by molar-refractivity contribution is 5.66. The highest BCUT2D eigenvalue weighted by atomic mass is 16.4. The van der Waals surface area contributed by atoms with Crippen LogP contribution in [0.5, 0.6) is 0 Å². The standard InChI is InChI=1S/C29H44O4/c1-2-3-7-17-25(30)20-21-27-26(18-10-4-5-11-19-29(32)33)24(22-28(27)31)16-12-15-23-13-8-6-9-14-23/h6,8-9,13-14,20-21,25,27-28,30-31H,2-5,7,10-12,15-19,22H2,1H3,(H,32,33)/t25-,27+,28+/m0/s1. The lowest BCUT2D eigenvalue weighted by Crippen LogP contribution is -2.15. The van der Waals surface area contributed by atoms with Gasteiger partial charge in [-0.15, -0.1) is 0 Å². The Labute approximate surface area is 200 Å². The highest BCUT2D eigenvalue weighted by Crippen LogP contribution is 2.39. The molecule has 2 rings (SSSR count). The van der Waals surface area contributed by atoms with E-state index in [-0.39, 0.29) is 12.3 Å². The molecule has 0 amide bonds. The molecule has 184 valence electrons. The van der Waals surface area contributed by atoms with E-state index in [9.17, 15) is 15.0 Å². The molecule has 0 radical (unpaired) electrons. The minimum absolute atomic E-state index is 0.00318. The van der Waals surface area contributed by atoms with Gasteiger partial charge in [0.1, 0.15) is 0 Å². The minimum atomic E-state index is -0.722. The molecule has 3 N–H and O–H groups in total. The molecular formula is C29H44O4. The maximum absolute atomic E-state index is 10.8. The number of carbonyl (C=O) groups is 1. The zero-order valence-electron chi connectivity index (χ0n) is 20.4. The summed E-state index contributed by atoms with van der Waals surface area (Å²) in [4.78, 5) is 10.7. The van der Waals surface area contributed by atoms with Crippen LogP contribution in [0.25, 0.3) is 0 Å². The number of aryl methyl sites for hydroxylation is 1. The Morgan fingerprint density at radius 3 is 2.48 bits per heavy atom. The van der Waals surface area contributed by atoms with E-state index in [4.69, 9.17) is 5.11 Å². The number of aliphatic carboxylic acids is 1. The normalized spacial score (nSPS) is 19.5. The summed E-state index contributed by atoms with van der Waals surface area (Å²) < 4.78 is 0. The van der Waals surface area contributed by atoms with Gasteiger partial charge in [0, 0.05) is 12.3 Å². The smallest absolute Gasteiger partial charge is 0.303 e. The van der Waals surface area contributed by atoms with Gasteiger partial charge in [-0.05, 0) is 56.9 Å². The molecule has 0 saturated carbocycles. The molecule has 1 aliphatic rings. The molecule has 1 aromatic rings. The third-order valence-electron chi connectivity index (χ3n) is 6.74. The van der Waals surface area contributed by atoms with Crippen LogP contribution in [0.3, 0.4) is 0 Å². The van der Waals surface area contributed by atoms with Crippen molar-refractivity contribution in [2.75, 3.05) is 0 Å². The van der Waals surface area contributed by atoms with Crippen molar-refractivity contribution >= 4 is 5.97 Å². The zero-order chi connectivity index (χ0) is 23.9. The number of aliphatic hydroxyl groups is 2. The van der Waals surface area contributed by atoms with Crippen LogP contribution in [0.4, 0.5) is 0 Å². The summed E-state index contributed by atoms with van der Waals surface area (Å²) in [5, 5.41) is 30.0. The number of hydrogen-bond acceptors (Lipinski definition) is 3. The quantitative estimate of drug-likeness (QED) is 0.182. The summed E-state index contributed by atoms with van der Waals surface area (Å²) in [6, 6.07) is 10.5. The van der Waals surface area contributed by atoms with Crippen LogP contribution in [-0.2, 0) is 11.2 Å². The van der Waals surface area contributed by atoms with Gasteiger partial charge in [-0.2, -0.15) is 0 Å². The molecule has 0 unspecified atom stereocenters. The molecule has 1 aliphatic carbocycles. The number of hydrogen-bond donors (Lipinski definition) is 3. The number of unbranched alkanes of at least 4 members (excludes halogenated alkanes) is 5. The molecule has 4 nitrogen and oxygen atoms in total. The predicted molar refractivity (Wildman–Crippen MR) is 135 cm³/mol. The molecule has 0 saturated heterocycles. The Balaban J connectivity index is 1.97. The topological polar surface area (TPSA) is 77.8 Å².